The van der Waals surface area contributed by atoms with E-state index in [2.05, 4.69) is 10.6 Å². The fraction of sp³-hybridized carbons (Fsp3) is 0.467. The second-order valence-electron chi connectivity index (χ2n) is 4.41. The number of hydrogen-bond acceptors (Lipinski definition) is 3. The van der Waals surface area contributed by atoms with Crippen LogP contribution in [0.1, 0.15) is 31.9 Å². The number of carbonyl (C=O) groups excluding carboxylic acids is 2. The van der Waals surface area contributed by atoms with Gasteiger partial charge in [0, 0.05) is 19.8 Å². The summed E-state index contributed by atoms with van der Waals surface area (Å²) in [6.07, 6.45) is 0.696. The first-order valence-corrected chi connectivity index (χ1v) is 6.86. The number of hydrogen-bond donors (Lipinski definition) is 2. The molecule has 0 bridgehead atoms. The predicted molar refractivity (Wildman–Crippen MR) is 77.1 cm³/mol. The summed E-state index contributed by atoms with van der Waals surface area (Å²) >= 11 is 0. The van der Waals surface area contributed by atoms with Gasteiger partial charge in [0.2, 0.25) is 0 Å². The number of rotatable bonds is 7. The zero-order valence-electron chi connectivity index (χ0n) is 12.0. The van der Waals surface area contributed by atoms with E-state index in [0.29, 0.717) is 26.2 Å². The van der Waals surface area contributed by atoms with Crippen LogP contribution >= 0.6 is 0 Å². The minimum Gasteiger partial charge on any atom is -0.382 e. The van der Waals surface area contributed by atoms with Crippen LogP contribution in [0.5, 0.6) is 0 Å². The van der Waals surface area contributed by atoms with E-state index in [1.807, 2.05) is 44.2 Å². The van der Waals surface area contributed by atoms with Crippen LogP contribution in [0.4, 0.5) is 0 Å². The Labute approximate surface area is 119 Å². The van der Waals surface area contributed by atoms with E-state index in [4.69, 9.17) is 4.74 Å². The van der Waals surface area contributed by atoms with Gasteiger partial charge in [-0.25, -0.2) is 0 Å². The fourth-order valence-corrected chi connectivity index (χ4v) is 1.69. The zero-order chi connectivity index (χ0) is 14.8. The maximum Gasteiger partial charge on any atom is 0.309 e. The highest BCUT2D eigenvalue weighted by molar-refractivity contribution is 6.35. The van der Waals surface area contributed by atoms with Gasteiger partial charge in [0.25, 0.3) is 0 Å². The molecule has 2 N–H and O–H groups in total. The second kappa shape index (κ2) is 9.09. The molecule has 0 heterocycles. The Morgan fingerprint density at radius 2 is 1.90 bits per heavy atom. The van der Waals surface area contributed by atoms with E-state index in [1.54, 1.807) is 0 Å². The van der Waals surface area contributed by atoms with Crippen LogP contribution < -0.4 is 10.6 Å². The van der Waals surface area contributed by atoms with Crippen molar-refractivity contribution < 1.29 is 14.3 Å². The monoisotopic (exact) mass is 278 g/mol. The average Bonchev–Trinajstić information content (AvgIpc) is 2.47. The van der Waals surface area contributed by atoms with Gasteiger partial charge in [0.15, 0.2) is 0 Å². The van der Waals surface area contributed by atoms with Crippen molar-refractivity contribution in [2.45, 2.75) is 26.3 Å². The van der Waals surface area contributed by atoms with Crippen molar-refractivity contribution in [2.24, 2.45) is 0 Å². The Balaban J connectivity index is 2.29. The van der Waals surface area contributed by atoms with Crippen molar-refractivity contribution in [1.82, 2.24) is 10.6 Å². The van der Waals surface area contributed by atoms with Crippen molar-refractivity contribution in [1.29, 1.82) is 0 Å². The molecule has 0 radical (unpaired) electrons. The SMILES string of the molecule is CCOCCCNC(=O)C(=O)N[C@@H](C)c1ccccc1. The molecule has 20 heavy (non-hydrogen) atoms. The minimum absolute atomic E-state index is 0.196. The smallest absolute Gasteiger partial charge is 0.309 e. The third kappa shape index (κ3) is 5.84. The molecule has 0 fully saturated rings. The van der Waals surface area contributed by atoms with Crippen molar-refractivity contribution in [3.8, 4) is 0 Å². The molecule has 110 valence electrons. The van der Waals surface area contributed by atoms with Crippen molar-refractivity contribution >= 4 is 11.8 Å². The van der Waals surface area contributed by atoms with Crippen LogP contribution in [0, 0.1) is 0 Å². The van der Waals surface area contributed by atoms with Gasteiger partial charge in [0.05, 0.1) is 6.04 Å². The van der Waals surface area contributed by atoms with Gasteiger partial charge in [-0.3, -0.25) is 9.59 Å². The molecule has 0 unspecified atom stereocenters. The molecule has 1 rings (SSSR count). The van der Waals surface area contributed by atoms with Crippen molar-refractivity contribution in [3.05, 3.63) is 35.9 Å². The molecule has 5 nitrogen and oxygen atoms in total. The van der Waals surface area contributed by atoms with E-state index < -0.39 is 11.8 Å². The van der Waals surface area contributed by atoms with Crippen LogP contribution in [-0.2, 0) is 14.3 Å². The molecule has 0 aliphatic carbocycles. The van der Waals surface area contributed by atoms with Crippen LogP contribution in [0.3, 0.4) is 0 Å². The summed E-state index contributed by atoms with van der Waals surface area (Å²) in [7, 11) is 0. The lowest BCUT2D eigenvalue weighted by Crippen LogP contribution is -2.41. The number of ether oxygens (including phenoxy) is 1. The number of benzene rings is 1. The van der Waals surface area contributed by atoms with Gasteiger partial charge in [-0.1, -0.05) is 30.3 Å². The zero-order valence-corrected chi connectivity index (χ0v) is 12.0. The second-order valence-corrected chi connectivity index (χ2v) is 4.41. The summed E-state index contributed by atoms with van der Waals surface area (Å²) < 4.78 is 5.15. The molecule has 5 heteroatoms. The maximum absolute atomic E-state index is 11.7. The third-order valence-corrected chi connectivity index (χ3v) is 2.81. The van der Waals surface area contributed by atoms with Gasteiger partial charge in [-0.05, 0) is 25.8 Å². The lowest BCUT2D eigenvalue weighted by Gasteiger charge is -2.14. The highest BCUT2D eigenvalue weighted by Crippen LogP contribution is 2.10. The van der Waals surface area contributed by atoms with Gasteiger partial charge >= 0.3 is 11.8 Å². The van der Waals surface area contributed by atoms with E-state index >= 15 is 0 Å². The number of nitrogens with one attached hydrogen (secondary N) is 2. The summed E-state index contributed by atoms with van der Waals surface area (Å²) in [5.41, 5.74) is 0.963. The maximum atomic E-state index is 11.7. The first-order chi connectivity index (χ1) is 9.65. The van der Waals surface area contributed by atoms with E-state index in [9.17, 15) is 9.59 Å². The topological polar surface area (TPSA) is 67.4 Å². The molecular weight excluding hydrogens is 256 g/mol. The molecule has 0 aromatic heterocycles. The summed E-state index contributed by atoms with van der Waals surface area (Å²) in [6.45, 7) is 5.43. The molecule has 0 saturated heterocycles. The molecule has 0 saturated carbocycles. The summed E-state index contributed by atoms with van der Waals surface area (Å²) in [5.74, 6) is -1.22. The molecule has 1 aromatic carbocycles. The molecule has 0 aliphatic rings. The number of amides is 2. The first-order valence-electron chi connectivity index (χ1n) is 6.86. The Kier molecular flexibility index (Phi) is 7.35. The van der Waals surface area contributed by atoms with Gasteiger partial charge in [-0.15, -0.1) is 0 Å². The Bertz CT molecular complexity index is 420. The molecular formula is C15H22N2O3. The van der Waals surface area contributed by atoms with Crippen LogP contribution in [-0.4, -0.2) is 31.6 Å². The van der Waals surface area contributed by atoms with Crippen LogP contribution in [0.25, 0.3) is 0 Å². The van der Waals surface area contributed by atoms with Crippen molar-refractivity contribution in [3.63, 3.8) is 0 Å². The Hall–Kier alpha value is -1.88. The van der Waals surface area contributed by atoms with Crippen LogP contribution in [0.15, 0.2) is 30.3 Å². The van der Waals surface area contributed by atoms with Crippen molar-refractivity contribution in [2.75, 3.05) is 19.8 Å². The van der Waals surface area contributed by atoms with Gasteiger partial charge < -0.3 is 15.4 Å². The molecule has 1 atom stereocenters. The van der Waals surface area contributed by atoms with E-state index in [0.717, 1.165) is 5.56 Å². The molecule has 0 aliphatic heterocycles. The molecule has 0 spiro atoms. The fourth-order valence-electron chi connectivity index (χ4n) is 1.69. The summed E-state index contributed by atoms with van der Waals surface area (Å²) in [5, 5.41) is 5.23. The molecule has 1 aromatic rings. The lowest BCUT2D eigenvalue weighted by molar-refractivity contribution is -0.139. The van der Waals surface area contributed by atoms with Gasteiger partial charge in [0.1, 0.15) is 0 Å². The quantitative estimate of drug-likeness (QED) is 0.585. The lowest BCUT2D eigenvalue weighted by atomic mass is 10.1. The van der Waals surface area contributed by atoms with E-state index in [-0.39, 0.29) is 6.04 Å². The Morgan fingerprint density at radius 3 is 2.55 bits per heavy atom. The van der Waals surface area contributed by atoms with Gasteiger partial charge in [-0.2, -0.15) is 0 Å². The number of carbonyl (C=O) groups is 2. The third-order valence-electron chi connectivity index (χ3n) is 2.81. The first kappa shape index (κ1) is 16.2. The predicted octanol–water partition coefficient (Wildman–Crippen LogP) is 1.41. The average molecular weight is 278 g/mol. The summed E-state index contributed by atoms with van der Waals surface area (Å²) in [6, 6.07) is 9.31. The normalized spacial score (nSPS) is 11.7. The molecule has 2 amide bonds. The van der Waals surface area contributed by atoms with E-state index in [1.165, 1.54) is 0 Å². The standard InChI is InChI=1S/C15H22N2O3/c1-3-20-11-7-10-16-14(18)15(19)17-12(2)13-8-5-4-6-9-13/h4-6,8-9,12H,3,7,10-11H2,1-2H3,(H,16,18)(H,17,19)/t12-/m0/s1. The highest BCUT2D eigenvalue weighted by atomic mass is 16.5. The largest absolute Gasteiger partial charge is 0.382 e. The highest BCUT2D eigenvalue weighted by Gasteiger charge is 2.16. The minimum atomic E-state index is -0.613. The Morgan fingerprint density at radius 1 is 1.20 bits per heavy atom. The van der Waals surface area contributed by atoms with Crippen LogP contribution in [0.2, 0.25) is 0 Å². The summed E-state index contributed by atoms with van der Waals surface area (Å²) in [4.78, 5) is 23.3.